The maximum atomic E-state index is 12.3. The Morgan fingerprint density at radius 3 is 2.75 bits per heavy atom. The van der Waals surface area contributed by atoms with Gasteiger partial charge < -0.3 is 15.2 Å². The molecule has 0 radical (unpaired) electrons. The number of thiazole rings is 1. The quantitative estimate of drug-likeness (QED) is 0.715. The van der Waals surface area contributed by atoms with Gasteiger partial charge in [-0.05, 0) is 30.3 Å². The fourth-order valence-electron chi connectivity index (χ4n) is 2.32. The Morgan fingerprint density at radius 1 is 1.12 bits per heavy atom. The van der Waals surface area contributed by atoms with Gasteiger partial charge in [0.25, 0.3) is 5.91 Å². The van der Waals surface area contributed by atoms with Gasteiger partial charge in [0.15, 0.2) is 16.6 Å². The summed E-state index contributed by atoms with van der Waals surface area (Å²) >= 11 is 1.37. The van der Waals surface area contributed by atoms with E-state index in [1.54, 1.807) is 18.2 Å². The monoisotopic (exact) mass is 339 g/mol. The van der Waals surface area contributed by atoms with Crippen LogP contribution >= 0.6 is 11.3 Å². The largest absolute Gasteiger partial charge is 0.454 e. The number of rotatable bonds is 3. The number of nitrogens with zero attached hydrogens (tertiary/aromatic N) is 1. The van der Waals surface area contributed by atoms with E-state index in [-0.39, 0.29) is 12.7 Å². The van der Waals surface area contributed by atoms with Crippen molar-refractivity contribution in [1.82, 2.24) is 4.98 Å². The summed E-state index contributed by atoms with van der Waals surface area (Å²) in [6.45, 7) is 0.178. The molecule has 0 saturated carbocycles. The normalized spacial score (nSPS) is 12.2. The molecule has 3 N–H and O–H groups in total. The number of fused-ring (bicyclic) bond motifs is 1. The molecule has 2 aromatic carbocycles. The molecule has 3 aromatic rings. The predicted octanol–water partition coefficient (Wildman–Crippen LogP) is 3.37. The van der Waals surface area contributed by atoms with Gasteiger partial charge in [-0.2, -0.15) is 0 Å². The SMILES string of the molecule is Nc1ccc(-c2csc(NC(=O)c3ccc4c(c3)OCO4)n2)cc1. The van der Waals surface area contributed by atoms with Crippen LogP contribution in [0.25, 0.3) is 11.3 Å². The van der Waals surface area contributed by atoms with E-state index in [0.717, 1.165) is 11.3 Å². The van der Waals surface area contributed by atoms with E-state index in [4.69, 9.17) is 15.2 Å². The average Bonchev–Trinajstić information content (AvgIpc) is 3.24. The van der Waals surface area contributed by atoms with Crippen molar-refractivity contribution in [2.75, 3.05) is 17.8 Å². The van der Waals surface area contributed by atoms with E-state index in [2.05, 4.69) is 10.3 Å². The molecular formula is C17H13N3O3S. The average molecular weight is 339 g/mol. The van der Waals surface area contributed by atoms with E-state index in [9.17, 15) is 4.79 Å². The fraction of sp³-hybridized carbons (Fsp3) is 0.0588. The lowest BCUT2D eigenvalue weighted by Crippen LogP contribution is -2.11. The lowest BCUT2D eigenvalue weighted by atomic mass is 10.1. The molecule has 0 aliphatic carbocycles. The summed E-state index contributed by atoms with van der Waals surface area (Å²) in [6, 6.07) is 12.5. The van der Waals surface area contributed by atoms with Crippen LogP contribution in [0.3, 0.4) is 0 Å². The van der Waals surface area contributed by atoms with Crippen molar-refractivity contribution in [3.63, 3.8) is 0 Å². The Balaban J connectivity index is 1.51. The highest BCUT2D eigenvalue weighted by Crippen LogP contribution is 2.33. The molecule has 1 aliphatic heterocycles. The summed E-state index contributed by atoms with van der Waals surface area (Å²) in [5, 5.41) is 5.22. The van der Waals surface area contributed by atoms with E-state index in [1.807, 2.05) is 29.6 Å². The molecule has 0 bridgehead atoms. The van der Waals surface area contributed by atoms with E-state index in [1.165, 1.54) is 11.3 Å². The molecule has 0 unspecified atom stereocenters. The summed E-state index contributed by atoms with van der Waals surface area (Å²) in [6.07, 6.45) is 0. The summed E-state index contributed by atoms with van der Waals surface area (Å²) in [5.41, 5.74) is 8.61. The number of anilines is 2. The van der Waals surface area contributed by atoms with Crippen LogP contribution < -0.4 is 20.5 Å². The number of ether oxygens (including phenoxy) is 2. The second-order valence-electron chi connectivity index (χ2n) is 5.18. The van der Waals surface area contributed by atoms with Crippen molar-refractivity contribution in [2.45, 2.75) is 0 Å². The molecule has 1 aliphatic rings. The Morgan fingerprint density at radius 2 is 1.92 bits per heavy atom. The van der Waals surface area contributed by atoms with Crippen LogP contribution in [0.5, 0.6) is 11.5 Å². The maximum absolute atomic E-state index is 12.3. The summed E-state index contributed by atoms with van der Waals surface area (Å²) < 4.78 is 10.5. The van der Waals surface area contributed by atoms with Crippen LogP contribution in [-0.4, -0.2) is 17.7 Å². The molecule has 0 fully saturated rings. The van der Waals surface area contributed by atoms with Gasteiger partial charge in [-0.1, -0.05) is 12.1 Å². The predicted molar refractivity (Wildman–Crippen MR) is 92.5 cm³/mol. The van der Waals surface area contributed by atoms with Crippen LogP contribution in [0.2, 0.25) is 0 Å². The second-order valence-corrected chi connectivity index (χ2v) is 6.04. The summed E-state index contributed by atoms with van der Waals surface area (Å²) in [7, 11) is 0. The number of benzene rings is 2. The number of nitrogen functional groups attached to an aromatic ring is 1. The zero-order chi connectivity index (χ0) is 16.5. The van der Waals surface area contributed by atoms with Gasteiger partial charge in [-0.15, -0.1) is 11.3 Å². The molecule has 0 spiro atoms. The highest BCUT2D eigenvalue weighted by atomic mass is 32.1. The first-order valence-corrected chi connectivity index (χ1v) is 8.09. The first kappa shape index (κ1) is 14.5. The standard InChI is InChI=1S/C17H13N3O3S/c18-12-4-1-10(2-5-12)13-8-24-17(19-13)20-16(21)11-3-6-14-15(7-11)23-9-22-14/h1-8H,9,18H2,(H,19,20,21). The number of nitrogens with two attached hydrogens (primary N) is 1. The second kappa shape index (κ2) is 5.86. The van der Waals surface area contributed by atoms with Gasteiger partial charge in [-0.3, -0.25) is 10.1 Å². The molecule has 4 rings (SSSR count). The highest BCUT2D eigenvalue weighted by Gasteiger charge is 2.17. The molecule has 7 heteroatoms. The number of hydrogen-bond donors (Lipinski definition) is 2. The summed E-state index contributed by atoms with van der Waals surface area (Å²) in [5.74, 6) is 0.974. The van der Waals surface area contributed by atoms with Gasteiger partial charge in [0.2, 0.25) is 6.79 Å². The molecule has 0 atom stereocenters. The van der Waals surface area contributed by atoms with E-state index >= 15 is 0 Å². The molecule has 0 saturated heterocycles. The molecule has 120 valence electrons. The molecule has 2 heterocycles. The number of carbonyl (C=O) groups is 1. The van der Waals surface area contributed by atoms with Crippen molar-refractivity contribution in [2.24, 2.45) is 0 Å². The molecule has 1 amide bonds. The van der Waals surface area contributed by atoms with Crippen LogP contribution in [-0.2, 0) is 0 Å². The Labute approximate surface area is 141 Å². The fourth-order valence-corrected chi connectivity index (χ4v) is 3.04. The number of aromatic nitrogens is 1. The van der Waals surface area contributed by atoms with Crippen LogP contribution in [0.1, 0.15) is 10.4 Å². The van der Waals surface area contributed by atoms with Gasteiger partial charge in [0, 0.05) is 22.2 Å². The third kappa shape index (κ3) is 2.77. The molecule has 24 heavy (non-hydrogen) atoms. The van der Waals surface area contributed by atoms with E-state index < -0.39 is 0 Å². The lowest BCUT2D eigenvalue weighted by molar-refractivity contribution is 0.102. The minimum Gasteiger partial charge on any atom is -0.454 e. The summed E-state index contributed by atoms with van der Waals surface area (Å²) in [4.78, 5) is 16.8. The first-order chi connectivity index (χ1) is 11.7. The van der Waals surface area contributed by atoms with Crippen LogP contribution in [0.15, 0.2) is 47.8 Å². The van der Waals surface area contributed by atoms with Crippen molar-refractivity contribution in [3.8, 4) is 22.8 Å². The zero-order valence-electron chi connectivity index (χ0n) is 12.5. The molecule has 6 nitrogen and oxygen atoms in total. The third-order valence-electron chi connectivity index (χ3n) is 3.57. The first-order valence-electron chi connectivity index (χ1n) is 7.21. The number of nitrogens with one attached hydrogen (secondary N) is 1. The van der Waals surface area contributed by atoms with Crippen molar-refractivity contribution < 1.29 is 14.3 Å². The van der Waals surface area contributed by atoms with Crippen LogP contribution in [0.4, 0.5) is 10.8 Å². The Bertz CT molecular complexity index is 906. The smallest absolute Gasteiger partial charge is 0.257 e. The van der Waals surface area contributed by atoms with Gasteiger partial charge >= 0.3 is 0 Å². The van der Waals surface area contributed by atoms with Crippen molar-refractivity contribution in [1.29, 1.82) is 0 Å². The minimum absolute atomic E-state index is 0.178. The highest BCUT2D eigenvalue weighted by molar-refractivity contribution is 7.14. The lowest BCUT2D eigenvalue weighted by Gasteiger charge is -2.03. The number of amides is 1. The molecular weight excluding hydrogens is 326 g/mol. The maximum Gasteiger partial charge on any atom is 0.257 e. The van der Waals surface area contributed by atoms with E-state index in [0.29, 0.717) is 27.9 Å². The van der Waals surface area contributed by atoms with Crippen LogP contribution in [0, 0.1) is 0 Å². The van der Waals surface area contributed by atoms with Gasteiger partial charge in [-0.25, -0.2) is 4.98 Å². The minimum atomic E-state index is -0.244. The van der Waals surface area contributed by atoms with Gasteiger partial charge in [0.05, 0.1) is 5.69 Å². The van der Waals surface area contributed by atoms with Gasteiger partial charge in [0.1, 0.15) is 0 Å². The van der Waals surface area contributed by atoms with Crippen molar-refractivity contribution in [3.05, 3.63) is 53.4 Å². The third-order valence-corrected chi connectivity index (χ3v) is 4.32. The number of hydrogen-bond acceptors (Lipinski definition) is 6. The topological polar surface area (TPSA) is 86.5 Å². The Kier molecular flexibility index (Phi) is 3.55. The Hall–Kier alpha value is -3.06. The molecule has 1 aromatic heterocycles. The zero-order valence-corrected chi connectivity index (χ0v) is 13.3. The van der Waals surface area contributed by atoms with Crippen molar-refractivity contribution >= 4 is 28.1 Å². The number of carbonyl (C=O) groups excluding carboxylic acids is 1.